The van der Waals surface area contributed by atoms with Gasteiger partial charge in [-0.1, -0.05) is 13.8 Å². The van der Waals surface area contributed by atoms with Gasteiger partial charge in [0.2, 0.25) is 6.29 Å². The lowest BCUT2D eigenvalue weighted by Crippen LogP contribution is -2.36. The third-order valence-corrected chi connectivity index (χ3v) is 3.16. The molecule has 0 aromatic heterocycles. The molecule has 2 unspecified atom stereocenters. The summed E-state index contributed by atoms with van der Waals surface area (Å²) in [5, 5.41) is 11.6. The third-order valence-electron chi connectivity index (χ3n) is 2.06. The fourth-order valence-corrected chi connectivity index (χ4v) is 2.08. The summed E-state index contributed by atoms with van der Waals surface area (Å²) in [5.74, 6) is -0.841. The van der Waals surface area contributed by atoms with E-state index in [1.54, 1.807) is 13.8 Å². The van der Waals surface area contributed by atoms with Gasteiger partial charge in [0.15, 0.2) is 7.37 Å². The zero-order valence-corrected chi connectivity index (χ0v) is 12.9. The Kier molecular flexibility index (Phi) is 7.78. The lowest BCUT2D eigenvalue weighted by Gasteiger charge is -2.17. The van der Waals surface area contributed by atoms with Gasteiger partial charge in [0.1, 0.15) is 0 Å². The van der Waals surface area contributed by atoms with Crippen molar-refractivity contribution in [3.05, 3.63) is 0 Å². The number of hydrogen-bond acceptors (Lipinski definition) is 6. The number of esters is 1. The largest absolute Gasteiger partial charge is 0.425 e. The van der Waals surface area contributed by atoms with E-state index in [9.17, 15) is 19.3 Å². The summed E-state index contributed by atoms with van der Waals surface area (Å²) >= 11 is 0. The predicted octanol–water partition coefficient (Wildman–Crippen LogP) is 0.519. The Hall–Kier alpha value is -1.11. The van der Waals surface area contributed by atoms with Crippen LogP contribution in [-0.4, -0.2) is 53.8 Å². The maximum atomic E-state index is 11.3. The maximum absolute atomic E-state index is 11.3. The van der Waals surface area contributed by atoms with E-state index < -0.39 is 31.8 Å². The van der Waals surface area contributed by atoms with Crippen LogP contribution in [0.3, 0.4) is 0 Å². The van der Waals surface area contributed by atoms with Gasteiger partial charge in [-0.25, -0.2) is 4.79 Å². The second-order valence-corrected chi connectivity index (χ2v) is 7.30. The monoisotopic (exact) mass is 311 g/mol. The minimum absolute atomic E-state index is 0.234. The molecule has 1 amide bonds. The highest BCUT2D eigenvalue weighted by atomic mass is 31.2. The SMILES string of the molecule is CC(OC(=O)NC[C@H](O)CP(C)(=O)O)OC(=O)C(C)C. The van der Waals surface area contributed by atoms with E-state index >= 15 is 0 Å². The number of aliphatic hydroxyl groups excluding tert-OH is 1. The molecule has 3 atom stereocenters. The van der Waals surface area contributed by atoms with Crippen LogP contribution in [0.25, 0.3) is 0 Å². The molecule has 3 N–H and O–H groups in total. The molecule has 0 aliphatic heterocycles. The van der Waals surface area contributed by atoms with E-state index in [-0.39, 0.29) is 18.6 Å². The van der Waals surface area contributed by atoms with E-state index in [0.29, 0.717) is 0 Å². The Bertz CT molecular complexity index is 379. The van der Waals surface area contributed by atoms with E-state index in [1.807, 2.05) is 0 Å². The van der Waals surface area contributed by atoms with Crippen LogP contribution in [0.1, 0.15) is 20.8 Å². The first-order chi connectivity index (χ1) is 9.01. The molecule has 0 spiro atoms. The van der Waals surface area contributed by atoms with Crippen LogP contribution >= 0.6 is 7.37 Å². The van der Waals surface area contributed by atoms with E-state index in [1.165, 1.54) is 6.92 Å². The number of hydrogen-bond donors (Lipinski definition) is 3. The zero-order chi connectivity index (χ0) is 15.9. The smallest absolute Gasteiger partial charge is 0.410 e. The van der Waals surface area contributed by atoms with Crippen LogP contribution in [0.2, 0.25) is 0 Å². The standard InChI is InChI=1S/C11H22NO7P/c1-7(2)10(14)18-8(3)19-11(15)12-5-9(13)6-20(4,16)17/h7-9,13H,5-6H2,1-4H3,(H,12,15)(H,16,17)/t8?,9-/m0/s1. The molecule has 0 aromatic rings. The molecule has 20 heavy (non-hydrogen) atoms. The first-order valence-electron chi connectivity index (χ1n) is 6.13. The molecular weight excluding hydrogens is 289 g/mol. The van der Waals surface area contributed by atoms with E-state index in [0.717, 1.165) is 6.66 Å². The second-order valence-electron chi connectivity index (χ2n) is 4.83. The molecule has 9 heteroatoms. The minimum atomic E-state index is -3.35. The highest BCUT2D eigenvalue weighted by Gasteiger charge is 2.19. The van der Waals surface area contributed by atoms with Crippen LogP contribution in [0.15, 0.2) is 0 Å². The number of carbonyl (C=O) groups excluding carboxylic acids is 2. The number of rotatable bonds is 7. The number of alkyl carbamates (subject to hydrolysis) is 1. The van der Waals surface area contributed by atoms with Crippen molar-refractivity contribution in [2.24, 2.45) is 5.92 Å². The van der Waals surface area contributed by atoms with Gasteiger partial charge in [0.25, 0.3) is 0 Å². The number of nitrogens with one attached hydrogen (secondary N) is 1. The van der Waals surface area contributed by atoms with Gasteiger partial charge in [-0.2, -0.15) is 0 Å². The summed E-state index contributed by atoms with van der Waals surface area (Å²) in [7, 11) is -3.35. The van der Waals surface area contributed by atoms with Crippen molar-refractivity contribution in [2.45, 2.75) is 33.2 Å². The van der Waals surface area contributed by atoms with Crippen molar-refractivity contribution < 1.29 is 33.6 Å². The van der Waals surface area contributed by atoms with Crippen LogP contribution in [0, 0.1) is 5.92 Å². The van der Waals surface area contributed by atoms with Gasteiger partial charge < -0.3 is 24.8 Å². The number of amides is 1. The fourth-order valence-electron chi connectivity index (χ4n) is 1.17. The van der Waals surface area contributed by atoms with Gasteiger partial charge in [0.05, 0.1) is 18.2 Å². The van der Waals surface area contributed by atoms with Crippen LogP contribution in [0.4, 0.5) is 4.79 Å². The summed E-state index contributed by atoms with van der Waals surface area (Å²) in [6.45, 7) is 5.54. The van der Waals surface area contributed by atoms with E-state index in [2.05, 4.69) is 5.32 Å². The summed E-state index contributed by atoms with van der Waals surface area (Å²) < 4.78 is 20.5. The van der Waals surface area contributed by atoms with E-state index in [4.69, 9.17) is 14.4 Å². The molecule has 0 aromatic carbocycles. The average Bonchev–Trinajstić information content (AvgIpc) is 2.23. The number of ether oxygens (including phenoxy) is 2. The lowest BCUT2D eigenvalue weighted by molar-refractivity contribution is -0.168. The lowest BCUT2D eigenvalue weighted by atomic mass is 10.2. The van der Waals surface area contributed by atoms with Gasteiger partial charge in [-0.3, -0.25) is 9.36 Å². The molecule has 0 bridgehead atoms. The highest BCUT2D eigenvalue weighted by Crippen LogP contribution is 2.35. The van der Waals surface area contributed by atoms with Crippen molar-refractivity contribution in [3.63, 3.8) is 0 Å². The summed E-state index contributed by atoms with van der Waals surface area (Å²) in [6.07, 6.45) is -3.43. The fraction of sp³-hybridized carbons (Fsp3) is 0.818. The summed E-state index contributed by atoms with van der Waals surface area (Å²) in [4.78, 5) is 31.6. The molecule has 118 valence electrons. The number of carbonyl (C=O) groups is 2. The van der Waals surface area contributed by atoms with Gasteiger partial charge in [0, 0.05) is 20.1 Å². The summed E-state index contributed by atoms with van der Waals surface area (Å²) in [5.41, 5.74) is 0. The normalized spacial score (nSPS) is 16.9. The Morgan fingerprint density at radius 1 is 1.25 bits per heavy atom. The third kappa shape index (κ3) is 9.77. The molecule has 0 aliphatic rings. The summed E-state index contributed by atoms with van der Waals surface area (Å²) in [6, 6.07) is 0. The second kappa shape index (κ2) is 8.24. The molecule has 0 saturated heterocycles. The Morgan fingerprint density at radius 3 is 2.25 bits per heavy atom. The number of aliphatic hydroxyl groups is 1. The minimum Gasteiger partial charge on any atom is -0.425 e. The molecule has 0 aliphatic carbocycles. The molecule has 0 rings (SSSR count). The van der Waals surface area contributed by atoms with Crippen molar-refractivity contribution in [1.82, 2.24) is 5.32 Å². The Labute approximate surface area is 117 Å². The first-order valence-corrected chi connectivity index (χ1v) is 8.42. The Balaban J connectivity index is 3.99. The van der Waals surface area contributed by atoms with Crippen LogP contribution in [0.5, 0.6) is 0 Å². The molecule has 0 fully saturated rings. The molecule has 0 heterocycles. The maximum Gasteiger partial charge on any atom is 0.410 e. The van der Waals surface area contributed by atoms with Crippen LogP contribution in [-0.2, 0) is 18.8 Å². The average molecular weight is 311 g/mol. The molecule has 0 radical (unpaired) electrons. The van der Waals surface area contributed by atoms with Gasteiger partial charge >= 0.3 is 12.1 Å². The van der Waals surface area contributed by atoms with Crippen molar-refractivity contribution in [3.8, 4) is 0 Å². The first kappa shape index (κ1) is 18.9. The molecular formula is C11H22NO7P. The van der Waals surface area contributed by atoms with Crippen molar-refractivity contribution >= 4 is 19.4 Å². The Morgan fingerprint density at radius 2 is 1.80 bits per heavy atom. The van der Waals surface area contributed by atoms with Gasteiger partial charge in [-0.15, -0.1) is 0 Å². The quantitative estimate of drug-likeness (QED) is 0.356. The van der Waals surface area contributed by atoms with Gasteiger partial charge in [-0.05, 0) is 0 Å². The van der Waals surface area contributed by atoms with Crippen LogP contribution < -0.4 is 5.32 Å². The molecule has 0 saturated carbocycles. The zero-order valence-electron chi connectivity index (χ0n) is 12.0. The topological polar surface area (TPSA) is 122 Å². The predicted molar refractivity (Wildman–Crippen MR) is 71.5 cm³/mol. The van der Waals surface area contributed by atoms with Crippen molar-refractivity contribution in [2.75, 3.05) is 19.4 Å². The highest BCUT2D eigenvalue weighted by molar-refractivity contribution is 7.57. The molecule has 8 nitrogen and oxygen atoms in total. The van der Waals surface area contributed by atoms with Crippen molar-refractivity contribution in [1.29, 1.82) is 0 Å².